The fourth-order valence-corrected chi connectivity index (χ4v) is 2.89. The molecule has 0 aliphatic rings. The van der Waals surface area contributed by atoms with E-state index >= 15 is 0 Å². The van der Waals surface area contributed by atoms with Crippen molar-refractivity contribution in [3.63, 3.8) is 0 Å². The molecule has 0 aromatic rings. The summed E-state index contributed by atoms with van der Waals surface area (Å²) in [5.41, 5.74) is 16.4. The first-order chi connectivity index (χ1) is 15.3. The summed E-state index contributed by atoms with van der Waals surface area (Å²) < 4.78 is 0. The maximum atomic E-state index is 12.8. The fourth-order valence-electron chi connectivity index (χ4n) is 2.89. The number of carbonyl (C=O) groups is 4. The first kappa shape index (κ1) is 30.1. The van der Waals surface area contributed by atoms with Crippen LogP contribution in [0.15, 0.2) is 4.99 Å². The first-order valence-corrected chi connectivity index (χ1v) is 11.3. The Kier molecular flexibility index (Phi) is 13.7. The first-order valence-electron chi connectivity index (χ1n) is 11.3. The number of rotatable bonds is 15. The number of amides is 3. The highest BCUT2D eigenvalue weighted by Gasteiger charge is 2.31. The zero-order valence-electron chi connectivity index (χ0n) is 20.3. The Morgan fingerprint density at radius 1 is 0.879 bits per heavy atom. The van der Waals surface area contributed by atoms with Crippen molar-refractivity contribution in [2.45, 2.75) is 84.5 Å². The van der Waals surface area contributed by atoms with Gasteiger partial charge >= 0.3 is 5.97 Å². The number of nitrogens with zero attached hydrogens (tertiary/aromatic N) is 1. The van der Waals surface area contributed by atoms with Crippen molar-refractivity contribution in [3.05, 3.63) is 0 Å². The minimum atomic E-state index is -1.21. The van der Waals surface area contributed by atoms with Crippen LogP contribution in [0.25, 0.3) is 0 Å². The van der Waals surface area contributed by atoms with Crippen molar-refractivity contribution in [1.82, 2.24) is 16.0 Å². The van der Waals surface area contributed by atoms with E-state index in [9.17, 15) is 24.3 Å². The number of guanidine groups is 1. The minimum absolute atomic E-state index is 0.0599. The van der Waals surface area contributed by atoms with Gasteiger partial charge in [-0.15, -0.1) is 0 Å². The third-order valence-electron chi connectivity index (χ3n) is 5.66. The second-order valence-corrected chi connectivity index (χ2v) is 8.36. The van der Waals surface area contributed by atoms with Crippen LogP contribution in [0.5, 0.6) is 0 Å². The van der Waals surface area contributed by atoms with E-state index in [1.165, 1.54) is 6.92 Å². The number of hydrogen-bond acceptors (Lipinski definition) is 6. The van der Waals surface area contributed by atoms with Crippen LogP contribution in [-0.4, -0.2) is 65.5 Å². The Hall–Kier alpha value is -2.89. The fraction of sp³-hybridized carbons (Fsp3) is 0.762. The number of nitrogens with two attached hydrogens (primary N) is 3. The van der Waals surface area contributed by atoms with Gasteiger partial charge in [0, 0.05) is 6.54 Å². The number of nitrogens with one attached hydrogen (secondary N) is 3. The molecule has 0 fully saturated rings. The number of carboxylic acid groups (broad SMARTS) is 1. The van der Waals surface area contributed by atoms with Crippen molar-refractivity contribution < 1.29 is 24.3 Å². The van der Waals surface area contributed by atoms with Crippen molar-refractivity contribution in [3.8, 4) is 0 Å². The maximum absolute atomic E-state index is 12.8. The van der Waals surface area contributed by atoms with E-state index in [-0.39, 0.29) is 30.8 Å². The van der Waals surface area contributed by atoms with Crippen LogP contribution in [0, 0.1) is 11.8 Å². The highest BCUT2D eigenvalue weighted by atomic mass is 16.4. The van der Waals surface area contributed by atoms with E-state index in [1.807, 2.05) is 20.8 Å². The number of carbonyl (C=O) groups excluding carboxylic acids is 3. The molecule has 0 aromatic carbocycles. The summed E-state index contributed by atoms with van der Waals surface area (Å²) in [7, 11) is 0. The summed E-state index contributed by atoms with van der Waals surface area (Å²) in [4.78, 5) is 53.1. The van der Waals surface area contributed by atoms with Gasteiger partial charge in [-0.1, -0.05) is 40.5 Å². The van der Waals surface area contributed by atoms with Crippen LogP contribution in [-0.2, 0) is 19.2 Å². The Morgan fingerprint density at radius 3 is 1.94 bits per heavy atom. The van der Waals surface area contributed by atoms with Crippen molar-refractivity contribution in [2.75, 3.05) is 6.54 Å². The van der Waals surface area contributed by atoms with Gasteiger partial charge in [0.15, 0.2) is 5.96 Å². The molecule has 0 saturated heterocycles. The monoisotopic (exact) mass is 471 g/mol. The van der Waals surface area contributed by atoms with Gasteiger partial charge in [-0.25, -0.2) is 4.79 Å². The van der Waals surface area contributed by atoms with Gasteiger partial charge in [-0.3, -0.25) is 19.4 Å². The lowest BCUT2D eigenvalue weighted by Crippen LogP contribution is -2.58. The molecule has 10 N–H and O–H groups in total. The standard InChI is InChI=1S/C21H41N7O5/c1-6-11(3)15(22)18(30)28-16(12(4)7-2)19(31)26-13(5)17(29)27-14(20(32)33)9-8-10-25-21(23)24/h11-16H,6-10,22H2,1-5H3,(H,26,31)(H,27,29)(H,28,30)(H,32,33)(H4,23,24,25)/t11-,12-,13-,14-,15-,16-/m0/s1. The summed E-state index contributed by atoms with van der Waals surface area (Å²) in [6, 6.07) is -3.83. The Morgan fingerprint density at radius 2 is 1.45 bits per heavy atom. The minimum Gasteiger partial charge on any atom is -0.480 e. The molecule has 0 radical (unpaired) electrons. The molecule has 0 bridgehead atoms. The molecule has 0 aliphatic carbocycles. The quantitative estimate of drug-likeness (QED) is 0.0892. The molecule has 12 heteroatoms. The van der Waals surface area contributed by atoms with Gasteiger partial charge in [-0.2, -0.15) is 0 Å². The second kappa shape index (κ2) is 15.0. The normalized spacial score (nSPS) is 16.3. The van der Waals surface area contributed by atoms with E-state index in [0.717, 1.165) is 0 Å². The third-order valence-corrected chi connectivity index (χ3v) is 5.66. The smallest absolute Gasteiger partial charge is 0.326 e. The number of aliphatic carboxylic acids is 1. The lowest BCUT2D eigenvalue weighted by molar-refractivity contribution is -0.142. The van der Waals surface area contributed by atoms with Crippen LogP contribution >= 0.6 is 0 Å². The molecule has 33 heavy (non-hydrogen) atoms. The lowest BCUT2D eigenvalue weighted by Gasteiger charge is -2.28. The van der Waals surface area contributed by atoms with E-state index < -0.39 is 47.9 Å². The second-order valence-electron chi connectivity index (χ2n) is 8.36. The molecule has 3 amide bonds. The highest BCUT2D eigenvalue weighted by molar-refractivity contribution is 5.94. The highest BCUT2D eigenvalue weighted by Crippen LogP contribution is 2.11. The Bertz CT molecular complexity index is 696. The average molecular weight is 472 g/mol. The molecule has 6 atom stereocenters. The molecular weight excluding hydrogens is 430 g/mol. The van der Waals surface area contributed by atoms with Gasteiger partial charge in [0.1, 0.15) is 18.1 Å². The summed E-state index contributed by atoms with van der Waals surface area (Å²) in [5, 5.41) is 17.0. The summed E-state index contributed by atoms with van der Waals surface area (Å²) >= 11 is 0. The van der Waals surface area contributed by atoms with Crippen LogP contribution < -0.4 is 33.2 Å². The van der Waals surface area contributed by atoms with Crippen LogP contribution in [0.4, 0.5) is 0 Å². The molecule has 0 saturated carbocycles. The van der Waals surface area contributed by atoms with Crippen molar-refractivity contribution >= 4 is 29.7 Å². The molecule has 0 spiro atoms. The Balaban J connectivity index is 5.09. The topological polar surface area (TPSA) is 215 Å². The van der Waals surface area contributed by atoms with E-state index in [1.54, 1.807) is 6.92 Å². The Labute approximate surface area is 195 Å². The molecule has 0 heterocycles. The molecule has 0 unspecified atom stereocenters. The zero-order chi connectivity index (χ0) is 25.7. The van der Waals surface area contributed by atoms with Crippen LogP contribution in [0.2, 0.25) is 0 Å². The van der Waals surface area contributed by atoms with Gasteiger partial charge < -0.3 is 38.3 Å². The van der Waals surface area contributed by atoms with Gasteiger partial charge in [0.25, 0.3) is 0 Å². The molecule has 12 nitrogen and oxygen atoms in total. The summed E-state index contributed by atoms with van der Waals surface area (Å²) in [5.74, 6) is -3.23. The lowest BCUT2D eigenvalue weighted by atomic mass is 9.95. The predicted octanol–water partition coefficient (Wildman–Crippen LogP) is -0.982. The molecule has 190 valence electrons. The van der Waals surface area contributed by atoms with Gasteiger partial charge in [0.2, 0.25) is 17.7 Å². The molecule has 0 aromatic heterocycles. The summed E-state index contributed by atoms with van der Waals surface area (Å²) in [6.45, 7) is 9.12. The number of carboxylic acids is 1. The molecule has 0 rings (SSSR count). The molecular formula is C21H41N7O5. The van der Waals surface area contributed by atoms with E-state index in [2.05, 4.69) is 20.9 Å². The van der Waals surface area contributed by atoms with Gasteiger partial charge in [0.05, 0.1) is 6.04 Å². The SMILES string of the molecule is CC[C@H](C)[C@H](N)C(=O)N[C@H](C(=O)N[C@@H](C)C(=O)N[C@@H](CCCN=C(N)N)C(=O)O)[C@@H](C)CC. The van der Waals surface area contributed by atoms with Crippen LogP contribution in [0.3, 0.4) is 0 Å². The van der Waals surface area contributed by atoms with E-state index in [0.29, 0.717) is 19.3 Å². The van der Waals surface area contributed by atoms with Crippen molar-refractivity contribution in [2.24, 2.45) is 34.0 Å². The van der Waals surface area contributed by atoms with Crippen LogP contribution in [0.1, 0.15) is 60.3 Å². The third kappa shape index (κ3) is 11.0. The largest absolute Gasteiger partial charge is 0.480 e. The van der Waals surface area contributed by atoms with Crippen molar-refractivity contribution in [1.29, 1.82) is 0 Å². The zero-order valence-corrected chi connectivity index (χ0v) is 20.3. The molecule has 0 aliphatic heterocycles. The maximum Gasteiger partial charge on any atom is 0.326 e. The van der Waals surface area contributed by atoms with Gasteiger partial charge in [-0.05, 0) is 31.6 Å². The summed E-state index contributed by atoms with van der Waals surface area (Å²) in [6.07, 6.45) is 1.77. The predicted molar refractivity (Wildman–Crippen MR) is 126 cm³/mol. The number of aliphatic imine (C=N–C) groups is 1. The number of hydrogen-bond donors (Lipinski definition) is 7. The van der Waals surface area contributed by atoms with E-state index in [4.69, 9.17) is 17.2 Å². The average Bonchev–Trinajstić information content (AvgIpc) is 2.76.